The average molecular weight is 371 g/mol. The Bertz CT molecular complexity index is 855. The highest BCUT2D eigenvalue weighted by molar-refractivity contribution is 5.94. The van der Waals surface area contributed by atoms with E-state index in [0.717, 1.165) is 11.3 Å². The van der Waals surface area contributed by atoms with Gasteiger partial charge in [-0.3, -0.25) is 19.8 Å². The van der Waals surface area contributed by atoms with Crippen LogP contribution in [0.25, 0.3) is 0 Å². The minimum atomic E-state index is -0.493. The standard InChI is InChI=1S/C19H21N3O5/c1-13(19(23)20-15-4-3-5-16(11-15)22(24)25)21(2)12-14-6-7-17-18(10-14)27-9-8-26-17/h3-7,10-11,13H,8-9,12H2,1-2H3,(H,20,23). The lowest BCUT2D eigenvalue weighted by molar-refractivity contribution is -0.384. The molecule has 3 rings (SSSR count). The van der Waals surface area contributed by atoms with E-state index in [0.29, 0.717) is 31.2 Å². The summed E-state index contributed by atoms with van der Waals surface area (Å²) in [6.45, 7) is 3.39. The van der Waals surface area contributed by atoms with E-state index in [9.17, 15) is 14.9 Å². The number of likely N-dealkylation sites (N-methyl/N-ethyl adjacent to an activating group) is 1. The number of rotatable bonds is 6. The summed E-state index contributed by atoms with van der Waals surface area (Å²) in [6.07, 6.45) is 0. The van der Waals surface area contributed by atoms with Crippen LogP contribution in [0, 0.1) is 10.1 Å². The molecule has 1 N–H and O–H groups in total. The summed E-state index contributed by atoms with van der Waals surface area (Å²) < 4.78 is 11.1. The molecule has 1 aliphatic heterocycles. The Hall–Kier alpha value is -3.13. The van der Waals surface area contributed by atoms with Crippen LogP contribution in [0.5, 0.6) is 11.5 Å². The topological polar surface area (TPSA) is 93.9 Å². The molecule has 0 aromatic heterocycles. The second kappa shape index (κ2) is 8.05. The van der Waals surface area contributed by atoms with Gasteiger partial charge in [0.05, 0.1) is 11.0 Å². The molecule has 0 spiro atoms. The van der Waals surface area contributed by atoms with Crippen LogP contribution in [-0.4, -0.2) is 42.0 Å². The van der Waals surface area contributed by atoms with E-state index in [1.165, 1.54) is 18.2 Å². The Balaban J connectivity index is 1.62. The van der Waals surface area contributed by atoms with Crippen molar-refractivity contribution in [3.63, 3.8) is 0 Å². The van der Waals surface area contributed by atoms with Crippen LogP contribution < -0.4 is 14.8 Å². The van der Waals surface area contributed by atoms with E-state index in [-0.39, 0.29) is 11.6 Å². The molecule has 0 bridgehead atoms. The lowest BCUT2D eigenvalue weighted by Crippen LogP contribution is -2.39. The monoisotopic (exact) mass is 371 g/mol. The van der Waals surface area contributed by atoms with E-state index in [2.05, 4.69) is 5.32 Å². The zero-order valence-electron chi connectivity index (χ0n) is 15.2. The molecular weight excluding hydrogens is 350 g/mol. The van der Waals surface area contributed by atoms with Crippen molar-refractivity contribution in [2.45, 2.75) is 19.5 Å². The van der Waals surface area contributed by atoms with Gasteiger partial charge in [-0.25, -0.2) is 0 Å². The Morgan fingerprint density at radius 1 is 1.22 bits per heavy atom. The van der Waals surface area contributed by atoms with E-state index in [1.807, 2.05) is 30.1 Å². The number of carbonyl (C=O) groups is 1. The van der Waals surface area contributed by atoms with Crippen molar-refractivity contribution in [2.75, 3.05) is 25.6 Å². The molecule has 2 aromatic rings. The van der Waals surface area contributed by atoms with E-state index in [1.54, 1.807) is 13.0 Å². The molecular formula is C19H21N3O5. The van der Waals surface area contributed by atoms with Crippen LogP contribution in [0.2, 0.25) is 0 Å². The molecule has 1 aliphatic rings. The Morgan fingerprint density at radius 3 is 2.70 bits per heavy atom. The summed E-state index contributed by atoms with van der Waals surface area (Å²) in [6, 6.07) is 11.2. The Labute approximate surface area is 156 Å². The minimum absolute atomic E-state index is 0.0647. The maximum atomic E-state index is 12.5. The van der Waals surface area contributed by atoms with Crippen molar-refractivity contribution in [3.8, 4) is 11.5 Å². The van der Waals surface area contributed by atoms with Gasteiger partial charge in [0.1, 0.15) is 13.2 Å². The summed E-state index contributed by atoms with van der Waals surface area (Å²) in [4.78, 5) is 24.7. The number of benzene rings is 2. The van der Waals surface area contributed by atoms with Crippen LogP contribution >= 0.6 is 0 Å². The fourth-order valence-corrected chi connectivity index (χ4v) is 2.76. The molecule has 8 heteroatoms. The number of nitro benzene ring substituents is 1. The van der Waals surface area contributed by atoms with Gasteiger partial charge in [-0.2, -0.15) is 0 Å². The van der Waals surface area contributed by atoms with Gasteiger partial charge in [0.2, 0.25) is 5.91 Å². The van der Waals surface area contributed by atoms with Crippen LogP contribution in [0.4, 0.5) is 11.4 Å². The summed E-state index contributed by atoms with van der Waals surface area (Å²) in [5.74, 6) is 1.19. The second-order valence-electron chi connectivity index (χ2n) is 6.37. The number of anilines is 1. The van der Waals surface area contributed by atoms with Crippen molar-refractivity contribution in [1.82, 2.24) is 4.90 Å². The number of nitro groups is 1. The SMILES string of the molecule is CC(C(=O)Nc1cccc([N+](=O)[O-])c1)N(C)Cc1ccc2c(c1)OCCO2. The number of hydrogen-bond acceptors (Lipinski definition) is 6. The lowest BCUT2D eigenvalue weighted by Gasteiger charge is -2.25. The molecule has 0 fully saturated rings. The normalized spacial score (nSPS) is 13.9. The molecule has 1 atom stereocenters. The zero-order chi connectivity index (χ0) is 19.4. The number of nitrogens with one attached hydrogen (secondary N) is 1. The van der Waals surface area contributed by atoms with Crippen molar-refractivity contribution in [2.24, 2.45) is 0 Å². The number of carbonyl (C=O) groups excluding carboxylic acids is 1. The predicted molar refractivity (Wildman–Crippen MR) is 100 cm³/mol. The van der Waals surface area contributed by atoms with Gasteiger partial charge in [-0.1, -0.05) is 12.1 Å². The summed E-state index contributed by atoms with van der Waals surface area (Å²) in [5, 5.41) is 13.6. The Kier molecular flexibility index (Phi) is 5.56. The number of ether oxygens (including phenoxy) is 2. The first-order valence-electron chi connectivity index (χ1n) is 8.58. The third-order valence-electron chi connectivity index (χ3n) is 4.40. The first-order chi connectivity index (χ1) is 12.9. The highest BCUT2D eigenvalue weighted by Crippen LogP contribution is 2.31. The molecule has 1 amide bonds. The highest BCUT2D eigenvalue weighted by atomic mass is 16.6. The third kappa shape index (κ3) is 4.53. The van der Waals surface area contributed by atoms with Gasteiger partial charge in [0.15, 0.2) is 11.5 Å². The van der Waals surface area contributed by atoms with E-state index >= 15 is 0 Å². The number of nitrogens with zero attached hydrogens (tertiary/aromatic N) is 2. The van der Waals surface area contributed by atoms with E-state index in [4.69, 9.17) is 9.47 Å². The molecule has 2 aromatic carbocycles. The summed E-state index contributed by atoms with van der Waals surface area (Å²) >= 11 is 0. The summed E-state index contributed by atoms with van der Waals surface area (Å²) in [7, 11) is 1.84. The van der Waals surface area contributed by atoms with Gasteiger partial charge in [0, 0.05) is 24.4 Å². The average Bonchev–Trinajstić information content (AvgIpc) is 2.67. The van der Waals surface area contributed by atoms with Gasteiger partial charge in [-0.05, 0) is 37.7 Å². The van der Waals surface area contributed by atoms with Gasteiger partial charge < -0.3 is 14.8 Å². The Morgan fingerprint density at radius 2 is 1.96 bits per heavy atom. The van der Waals surface area contributed by atoms with Gasteiger partial charge >= 0.3 is 0 Å². The molecule has 0 saturated heterocycles. The maximum Gasteiger partial charge on any atom is 0.271 e. The molecule has 8 nitrogen and oxygen atoms in total. The van der Waals surface area contributed by atoms with Gasteiger partial charge in [0.25, 0.3) is 5.69 Å². The number of hydrogen-bond donors (Lipinski definition) is 1. The predicted octanol–water partition coefficient (Wildman–Crippen LogP) is 2.83. The lowest BCUT2D eigenvalue weighted by atomic mass is 10.1. The third-order valence-corrected chi connectivity index (χ3v) is 4.40. The molecule has 0 aliphatic carbocycles. The van der Waals surface area contributed by atoms with Crippen LogP contribution in [0.15, 0.2) is 42.5 Å². The molecule has 27 heavy (non-hydrogen) atoms. The van der Waals surface area contributed by atoms with Crippen LogP contribution in [-0.2, 0) is 11.3 Å². The van der Waals surface area contributed by atoms with Crippen LogP contribution in [0.1, 0.15) is 12.5 Å². The molecule has 0 saturated carbocycles. The smallest absolute Gasteiger partial charge is 0.271 e. The molecule has 142 valence electrons. The molecule has 1 unspecified atom stereocenters. The van der Waals surface area contributed by atoms with E-state index < -0.39 is 11.0 Å². The number of non-ortho nitro benzene ring substituents is 1. The number of fused-ring (bicyclic) bond motifs is 1. The first kappa shape index (κ1) is 18.7. The first-order valence-corrected chi connectivity index (χ1v) is 8.58. The summed E-state index contributed by atoms with van der Waals surface area (Å²) in [5.41, 5.74) is 1.33. The zero-order valence-corrected chi connectivity index (χ0v) is 15.2. The van der Waals surface area contributed by atoms with Crippen molar-refractivity contribution in [1.29, 1.82) is 0 Å². The minimum Gasteiger partial charge on any atom is -0.486 e. The quantitative estimate of drug-likeness (QED) is 0.620. The van der Waals surface area contributed by atoms with Crippen molar-refractivity contribution >= 4 is 17.3 Å². The fourth-order valence-electron chi connectivity index (χ4n) is 2.76. The number of amides is 1. The second-order valence-corrected chi connectivity index (χ2v) is 6.37. The molecule has 0 radical (unpaired) electrons. The fraction of sp³-hybridized carbons (Fsp3) is 0.316. The van der Waals surface area contributed by atoms with Crippen molar-refractivity contribution in [3.05, 3.63) is 58.1 Å². The highest BCUT2D eigenvalue weighted by Gasteiger charge is 2.20. The van der Waals surface area contributed by atoms with Gasteiger partial charge in [-0.15, -0.1) is 0 Å². The maximum absolute atomic E-state index is 12.5. The molecule has 1 heterocycles. The van der Waals surface area contributed by atoms with Crippen molar-refractivity contribution < 1.29 is 19.2 Å². The van der Waals surface area contributed by atoms with Crippen LogP contribution in [0.3, 0.4) is 0 Å². The largest absolute Gasteiger partial charge is 0.486 e.